The molecule has 2 heteroatoms. The second-order valence-corrected chi connectivity index (χ2v) is 8.71. The zero-order valence-electron chi connectivity index (χ0n) is 16.5. The van der Waals surface area contributed by atoms with Crippen LogP contribution in [-0.4, -0.2) is 25.5 Å². The van der Waals surface area contributed by atoms with E-state index in [1.165, 1.54) is 64.3 Å². The van der Waals surface area contributed by atoms with E-state index < -0.39 is 0 Å². The van der Waals surface area contributed by atoms with E-state index >= 15 is 0 Å². The molecule has 0 radical (unpaired) electrons. The summed E-state index contributed by atoms with van der Waals surface area (Å²) < 4.78 is 0.325. The fourth-order valence-electron chi connectivity index (χ4n) is 4.09. The van der Waals surface area contributed by atoms with Gasteiger partial charge in [-0.25, -0.2) is 0 Å². The molecule has 1 aliphatic rings. The molecule has 0 aliphatic heterocycles. The Morgan fingerprint density at radius 3 is 1.43 bits per heavy atom. The fraction of sp³-hybridized carbons (Fsp3) is 0.810. The Balaban J connectivity index is 3.36. The molecule has 0 spiro atoms. The predicted molar refractivity (Wildman–Crippen MR) is 99.5 cm³/mol. The van der Waals surface area contributed by atoms with Crippen LogP contribution in [0.15, 0.2) is 22.3 Å². The maximum absolute atomic E-state index is 2.56. The van der Waals surface area contributed by atoms with Gasteiger partial charge in [-0.05, 0) is 0 Å². The number of nitrogens with zero attached hydrogens (tertiary/aromatic N) is 1. The molecule has 0 saturated carbocycles. The van der Waals surface area contributed by atoms with E-state index in [2.05, 4.69) is 67.1 Å². The Kier molecular flexibility index (Phi) is 9.41. The molecule has 0 atom stereocenters. The summed E-state index contributed by atoms with van der Waals surface area (Å²) in [6.45, 7) is 10.6. The summed E-state index contributed by atoms with van der Waals surface area (Å²) in [7, 11) is 4.43. The minimum absolute atomic E-state index is 0.325. The van der Waals surface area contributed by atoms with Crippen LogP contribution in [0, 0.1) is 0 Å². The van der Waals surface area contributed by atoms with Crippen molar-refractivity contribution in [3.63, 3.8) is 0 Å². The Morgan fingerprint density at radius 1 is 0.739 bits per heavy atom. The van der Waals surface area contributed by atoms with E-state index in [1.54, 1.807) is 22.3 Å². The van der Waals surface area contributed by atoms with Gasteiger partial charge >= 0.3 is 157 Å². The number of hydrogen-bond donors (Lipinski definition) is 0. The van der Waals surface area contributed by atoms with Gasteiger partial charge in [0.05, 0.1) is 0 Å². The maximum atomic E-state index is 2.56. The molecule has 131 valence electrons. The number of rotatable bonds is 11. The second-order valence-electron chi connectivity index (χ2n) is 7.37. The van der Waals surface area contributed by atoms with E-state index in [0.29, 0.717) is 3.72 Å². The van der Waals surface area contributed by atoms with Crippen LogP contribution in [0.2, 0.25) is 3.72 Å². The van der Waals surface area contributed by atoms with E-state index in [0.717, 1.165) is 0 Å². The standard InChI is InChI=1S/C21H38N.Ti/c1-7-11-17-18(12-8-2)20(14-10-4)21(15-16-22(5)6)19(17)13-9-3;/h7-16H2,1-6H3;. The Hall–Kier alpha value is 0.154. The van der Waals surface area contributed by atoms with Crippen molar-refractivity contribution in [2.24, 2.45) is 0 Å². The molecular weight excluding hydrogens is 314 g/mol. The van der Waals surface area contributed by atoms with Crippen molar-refractivity contribution in [3.8, 4) is 0 Å². The molecule has 0 fully saturated rings. The molecule has 1 aliphatic carbocycles. The van der Waals surface area contributed by atoms with Gasteiger partial charge in [-0.1, -0.05) is 0 Å². The first kappa shape index (κ1) is 21.2. The quantitative estimate of drug-likeness (QED) is 0.386. The van der Waals surface area contributed by atoms with Crippen LogP contribution in [0.5, 0.6) is 0 Å². The van der Waals surface area contributed by atoms with Gasteiger partial charge in [0.1, 0.15) is 0 Å². The van der Waals surface area contributed by atoms with Gasteiger partial charge in [-0.2, -0.15) is 0 Å². The van der Waals surface area contributed by atoms with Crippen LogP contribution in [0.3, 0.4) is 0 Å². The van der Waals surface area contributed by atoms with Gasteiger partial charge < -0.3 is 0 Å². The van der Waals surface area contributed by atoms with Crippen LogP contribution >= 0.6 is 0 Å². The molecule has 0 N–H and O–H groups in total. The third kappa shape index (κ3) is 5.06. The van der Waals surface area contributed by atoms with Crippen LogP contribution in [0.1, 0.15) is 85.5 Å². The summed E-state index contributed by atoms with van der Waals surface area (Å²) in [5.74, 6) is 0. The van der Waals surface area contributed by atoms with Gasteiger partial charge in [-0.3, -0.25) is 0 Å². The molecule has 0 heterocycles. The summed E-state index contributed by atoms with van der Waals surface area (Å²) in [4.78, 5) is 2.36. The first-order valence-corrected chi connectivity index (χ1v) is 10.6. The van der Waals surface area contributed by atoms with Crippen molar-refractivity contribution in [1.82, 2.24) is 4.90 Å². The molecule has 0 bridgehead atoms. The van der Waals surface area contributed by atoms with E-state index in [9.17, 15) is 0 Å². The Bertz CT molecular complexity index is 399. The molecule has 1 nitrogen and oxygen atoms in total. The molecule has 0 aromatic heterocycles. The minimum atomic E-state index is 0.325. The first-order chi connectivity index (χ1) is 11.0. The van der Waals surface area contributed by atoms with Gasteiger partial charge in [0, 0.05) is 0 Å². The molecule has 0 saturated heterocycles. The zero-order valence-corrected chi connectivity index (χ0v) is 18.1. The molecule has 0 aromatic carbocycles. The summed E-state index contributed by atoms with van der Waals surface area (Å²) >= 11 is 2.56. The monoisotopic (exact) mass is 352 g/mol. The second kappa shape index (κ2) is 10.2. The molecule has 23 heavy (non-hydrogen) atoms. The van der Waals surface area contributed by atoms with Crippen molar-refractivity contribution in [1.29, 1.82) is 0 Å². The van der Waals surface area contributed by atoms with E-state index in [-0.39, 0.29) is 0 Å². The molecular formula is C21H38NTi. The summed E-state index contributed by atoms with van der Waals surface area (Å²) in [6, 6.07) is 0. The Morgan fingerprint density at radius 2 is 1.13 bits per heavy atom. The van der Waals surface area contributed by atoms with Crippen LogP contribution in [-0.2, 0) is 20.4 Å². The van der Waals surface area contributed by atoms with Gasteiger partial charge in [0.2, 0.25) is 0 Å². The van der Waals surface area contributed by atoms with Crippen molar-refractivity contribution >= 4 is 0 Å². The molecule has 0 amide bonds. The summed E-state index contributed by atoms with van der Waals surface area (Å²) in [6.07, 6.45) is 11.5. The van der Waals surface area contributed by atoms with Crippen molar-refractivity contribution in [2.45, 2.75) is 89.2 Å². The third-order valence-corrected chi connectivity index (χ3v) is 6.39. The molecule has 0 unspecified atom stereocenters. The van der Waals surface area contributed by atoms with E-state index in [4.69, 9.17) is 0 Å². The SMILES string of the molecule is CCCC1=C(CCC)[C]([Ti])(CCN(C)C)C(CCC)=C1CCC. The van der Waals surface area contributed by atoms with Crippen molar-refractivity contribution < 1.29 is 20.4 Å². The first-order valence-electron chi connectivity index (χ1n) is 9.81. The fourth-order valence-corrected chi connectivity index (χ4v) is 5.12. The topological polar surface area (TPSA) is 3.24 Å². The van der Waals surface area contributed by atoms with Crippen LogP contribution in [0.4, 0.5) is 0 Å². The van der Waals surface area contributed by atoms with Gasteiger partial charge in [-0.15, -0.1) is 0 Å². The Labute approximate surface area is 157 Å². The molecule has 0 aromatic rings. The number of allylic oxidation sites excluding steroid dienone is 4. The van der Waals surface area contributed by atoms with Crippen LogP contribution < -0.4 is 0 Å². The third-order valence-electron chi connectivity index (χ3n) is 5.06. The summed E-state index contributed by atoms with van der Waals surface area (Å²) in [5.41, 5.74) is 7.13. The average Bonchev–Trinajstić information content (AvgIpc) is 2.71. The molecule has 1 rings (SSSR count). The zero-order chi connectivity index (χ0) is 17.5. The number of hydrogen-bond acceptors (Lipinski definition) is 1. The van der Waals surface area contributed by atoms with Gasteiger partial charge in [0.15, 0.2) is 0 Å². The van der Waals surface area contributed by atoms with Crippen molar-refractivity contribution in [3.05, 3.63) is 22.3 Å². The van der Waals surface area contributed by atoms with Gasteiger partial charge in [0.25, 0.3) is 0 Å². The van der Waals surface area contributed by atoms with Crippen molar-refractivity contribution in [2.75, 3.05) is 20.6 Å². The van der Waals surface area contributed by atoms with E-state index in [1.807, 2.05) is 0 Å². The average molecular weight is 352 g/mol. The van der Waals surface area contributed by atoms with Crippen LogP contribution in [0.25, 0.3) is 0 Å². The normalized spacial score (nSPS) is 17.7. The summed E-state index contributed by atoms with van der Waals surface area (Å²) in [5, 5.41) is 0. The predicted octanol–water partition coefficient (Wildman–Crippen LogP) is 6.45.